The Morgan fingerprint density at radius 2 is 2.00 bits per heavy atom. The summed E-state index contributed by atoms with van der Waals surface area (Å²) in [5, 5.41) is 0.0851. The molecule has 0 aromatic carbocycles. The molecule has 0 aliphatic rings. The molecule has 0 atom stereocenters. The van der Waals surface area contributed by atoms with E-state index in [1.54, 1.807) is 0 Å². The van der Waals surface area contributed by atoms with E-state index in [1.807, 2.05) is 35.0 Å². The van der Waals surface area contributed by atoms with Crippen LogP contribution in [-0.2, 0) is 11.9 Å². The molecule has 0 unspecified atom stereocenters. The number of hydrogen-bond acceptors (Lipinski definition) is 4. The van der Waals surface area contributed by atoms with Crippen LogP contribution in [0.15, 0.2) is 48.0 Å². The van der Waals surface area contributed by atoms with Crippen LogP contribution in [0.3, 0.4) is 0 Å². The smallest absolute Gasteiger partial charge is 0.307 e. The van der Waals surface area contributed by atoms with Gasteiger partial charge in [0.2, 0.25) is 0 Å². The molecule has 108 valence electrons. The van der Waals surface area contributed by atoms with Crippen LogP contribution in [0.2, 0.25) is 0 Å². The number of alkyl halides is 3. The number of rotatable bonds is 3. The van der Waals surface area contributed by atoms with E-state index in [1.165, 1.54) is 0 Å². The SMILES string of the molecule is FC(F)(F)c1ccnc(SCc2cn3ccccc3n2)n1. The number of imidazole rings is 1. The lowest BCUT2D eigenvalue weighted by molar-refractivity contribution is -0.141. The Bertz CT molecular complexity index is 736. The second kappa shape index (κ2) is 5.36. The number of halogens is 3. The largest absolute Gasteiger partial charge is 0.433 e. The summed E-state index contributed by atoms with van der Waals surface area (Å²) < 4.78 is 39.5. The standard InChI is InChI=1S/C13H9F3N4S/c14-13(15,16)10-4-5-17-12(19-10)21-8-9-7-20-6-2-1-3-11(20)18-9/h1-7H,8H2. The van der Waals surface area contributed by atoms with Crippen molar-refractivity contribution in [1.29, 1.82) is 0 Å². The van der Waals surface area contributed by atoms with Gasteiger partial charge in [0.25, 0.3) is 0 Å². The summed E-state index contributed by atoms with van der Waals surface area (Å²) >= 11 is 1.12. The van der Waals surface area contributed by atoms with Crippen molar-refractivity contribution in [3.05, 3.63) is 54.2 Å². The summed E-state index contributed by atoms with van der Waals surface area (Å²) in [5.74, 6) is 0.406. The molecular formula is C13H9F3N4S. The summed E-state index contributed by atoms with van der Waals surface area (Å²) in [6.45, 7) is 0. The maximum atomic E-state index is 12.6. The number of hydrogen-bond donors (Lipinski definition) is 0. The van der Waals surface area contributed by atoms with E-state index in [4.69, 9.17) is 0 Å². The van der Waals surface area contributed by atoms with Gasteiger partial charge in [0.15, 0.2) is 5.16 Å². The third-order valence-corrected chi connectivity index (χ3v) is 3.58. The molecule has 0 spiro atoms. The van der Waals surface area contributed by atoms with Crippen LogP contribution in [0, 0.1) is 0 Å². The molecule has 0 saturated heterocycles. The Hall–Kier alpha value is -2.09. The number of thioether (sulfide) groups is 1. The Balaban J connectivity index is 1.75. The highest BCUT2D eigenvalue weighted by Gasteiger charge is 2.32. The van der Waals surface area contributed by atoms with Gasteiger partial charge in [-0.3, -0.25) is 0 Å². The second-order valence-corrected chi connectivity index (χ2v) is 5.15. The van der Waals surface area contributed by atoms with Gasteiger partial charge in [0.1, 0.15) is 11.3 Å². The van der Waals surface area contributed by atoms with Crippen LogP contribution in [0.5, 0.6) is 0 Å². The monoisotopic (exact) mass is 310 g/mol. The Labute approximate surface area is 122 Å². The molecule has 21 heavy (non-hydrogen) atoms. The Morgan fingerprint density at radius 1 is 1.14 bits per heavy atom. The van der Waals surface area contributed by atoms with Gasteiger partial charge in [0, 0.05) is 24.3 Å². The van der Waals surface area contributed by atoms with Crippen LogP contribution < -0.4 is 0 Å². The normalized spacial score (nSPS) is 12.0. The zero-order valence-corrected chi connectivity index (χ0v) is 11.4. The fraction of sp³-hybridized carbons (Fsp3) is 0.154. The maximum Gasteiger partial charge on any atom is 0.433 e. The van der Waals surface area contributed by atoms with E-state index in [-0.39, 0.29) is 5.16 Å². The number of fused-ring (bicyclic) bond motifs is 1. The van der Waals surface area contributed by atoms with Crippen molar-refractivity contribution in [3.8, 4) is 0 Å². The number of pyridine rings is 1. The molecule has 8 heteroatoms. The van der Waals surface area contributed by atoms with Crippen molar-refractivity contribution in [3.63, 3.8) is 0 Å². The van der Waals surface area contributed by atoms with E-state index in [0.717, 1.165) is 35.4 Å². The number of aromatic nitrogens is 4. The molecule has 3 rings (SSSR count). The highest BCUT2D eigenvalue weighted by Crippen LogP contribution is 2.29. The van der Waals surface area contributed by atoms with Crippen molar-refractivity contribution in [2.24, 2.45) is 0 Å². The minimum absolute atomic E-state index is 0.0851. The first-order valence-electron chi connectivity index (χ1n) is 5.98. The van der Waals surface area contributed by atoms with Crippen molar-refractivity contribution in [2.45, 2.75) is 17.1 Å². The molecule has 3 heterocycles. The third kappa shape index (κ3) is 3.15. The van der Waals surface area contributed by atoms with Crippen LogP contribution >= 0.6 is 11.8 Å². The van der Waals surface area contributed by atoms with E-state index in [0.29, 0.717) is 5.75 Å². The fourth-order valence-electron chi connectivity index (χ4n) is 1.76. The molecule has 0 saturated carbocycles. The van der Waals surface area contributed by atoms with Crippen molar-refractivity contribution >= 4 is 17.4 Å². The lowest BCUT2D eigenvalue weighted by atomic mass is 10.4. The van der Waals surface area contributed by atoms with Gasteiger partial charge < -0.3 is 4.40 Å². The molecule has 0 aliphatic carbocycles. The van der Waals surface area contributed by atoms with Crippen molar-refractivity contribution in [2.75, 3.05) is 0 Å². The van der Waals surface area contributed by atoms with Gasteiger partial charge in [-0.25, -0.2) is 15.0 Å². The second-order valence-electron chi connectivity index (χ2n) is 4.21. The average molecular weight is 310 g/mol. The van der Waals surface area contributed by atoms with E-state index in [2.05, 4.69) is 15.0 Å². The minimum atomic E-state index is -4.46. The molecule has 0 amide bonds. The van der Waals surface area contributed by atoms with Gasteiger partial charge in [-0.2, -0.15) is 13.2 Å². The zero-order valence-electron chi connectivity index (χ0n) is 10.6. The van der Waals surface area contributed by atoms with Gasteiger partial charge in [0.05, 0.1) is 5.69 Å². The van der Waals surface area contributed by atoms with Crippen LogP contribution in [0.1, 0.15) is 11.4 Å². The maximum absolute atomic E-state index is 12.6. The minimum Gasteiger partial charge on any atom is -0.307 e. The Kier molecular flexibility index (Phi) is 3.54. The molecule has 0 fully saturated rings. The van der Waals surface area contributed by atoms with E-state index < -0.39 is 11.9 Å². The van der Waals surface area contributed by atoms with Gasteiger partial charge in [-0.1, -0.05) is 17.8 Å². The summed E-state index contributed by atoms with van der Waals surface area (Å²) in [5.41, 5.74) is 0.611. The van der Waals surface area contributed by atoms with Crippen LogP contribution in [0.25, 0.3) is 5.65 Å². The third-order valence-electron chi connectivity index (χ3n) is 2.69. The van der Waals surface area contributed by atoms with Crippen LogP contribution in [0.4, 0.5) is 13.2 Å². The first-order valence-corrected chi connectivity index (χ1v) is 6.96. The lowest BCUT2D eigenvalue weighted by Gasteiger charge is -2.05. The average Bonchev–Trinajstić information content (AvgIpc) is 2.87. The van der Waals surface area contributed by atoms with Gasteiger partial charge in [-0.05, 0) is 18.2 Å². The predicted octanol–water partition coefficient (Wildman–Crippen LogP) is 3.44. The summed E-state index contributed by atoms with van der Waals surface area (Å²) in [4.78, 5) is 11.7. The quantitative estimate of drug-likeness (QED) is 0.549. The highest BCUT2D eigenvalue weighted by molar-refractivity contribution is 7.98. The zero-order chi connectivity index (χ0) is 14.9. The van der Waals surface area contributed by atoms with E-state index >= 15 is 0 Å². The van der Waals surface area contributed by atoms with Crippen molar-refractivity contribution < 1.29 is 13.2 Å². The van der Waals surface area contributed by atoms with Crippen molar-refractivity contribution in [1.82, 2.24) is 19.4 Å². The Morgan fingerprint density at radius 3 is 2.76 bits per heavy atom. The summed E-state index contributed by atoms with van der Waals surface area (Å²) in [6.07, 6.45) is 0.344. The first kappa shape index (κ1) is 13.9. The molecule has 4 nitrogen and oxygen atoms in total. The van der Waals surface area contributed by atoms with E-state index in [9.17, 15) is 13.2 Å². The molecule has 0 bridgehead atoms. The summed E-state index contributed by atoms with van der Waals surface area (Å²) in [7, 11) is 0. The molecule has 0 N–H and O–H groups in total. The van der Waals surface area contributed by atoms with Gasteiger partial charge >= 0.3 is 6.18 Å². The van der Waals surface area contributed by atoms with Crippen LogP contribution in [-0.4, -0.2) is 19.4 Å². The predicted molar refractivity (Wildman–Crippen MR) is 71.8 cm³/mol. The number of nitrogens with zero attached hydrogens (tertiary/aromatic N) is 4. The fourth-order valence-corrected chi connectivity index (χ4v) is 2.48. The first-order chi connectivity index (χ1) is 10.0. The molecule has 3 aromatic rings. The molecular weight excluding hydrogens is 301 g/mol. The molecule has 0 radical (unpaired) electrons. The topological polar surface area (TPSA) is 43.1 Å². The lowest BCUT2D eigenvalue weighted by Crippen LogP contribution is -2.08. The molecule has 3 aromatic heterocycles. The molecule has 0 aliphatic heterocycles. The highest BCUT2D eigenvalue weighted by atomic mass is 32.2. The summed E-state index contributed by atoms with van der Waals surface area (Å²) in [6, 6.07) is 6.46. The van der Waals surface area contributed by atoms with Gasteiger partial charge in [-0.15, -0.1) is 0 Å².